The molecule has 0 aliphatic heterocycles. The molecule has 0 aliphatic rings. The smallest absolute Gasteiger partial charge is 0.227 e. The minimum atomic E-state index is 0.0390. The summed E-state index contributed by atoms with van der Waals surface area (Å²) >= 11 is 1.67. The number of amides is 1. The fourth-order valence-corrected chi connectivity index (χ4v) is 3.38. The molecular weight excluding hydrogens is 326 g/mol. The first-order valence-corrected chi connectivity index (χ1v) is 8.44. The van der Waals surface area contributed by atoms with Crippen LogP contribution in [0.15, 0.2) is 23.6 Å². The molecule has 0 atom stereocenters. The number of carbonyl (C=O) groups is 1. The van der Waals surface area contributed by atoms with Gasteiger partial charge in [0.25, 0.3) is 0 Å². The van der Waals surface area contributed by atoms with Crippen LogP contribution >= 0.6 is 11.3 Å². The molecule has 1 aromatic carbocycles. The van der Waals surface area contributed by atoms with E-state index < -0.39 is 0 Å². The number of methoxy groups -OCH3 is 3. The summed E-state index contributed by atoms with van der Waals surface area (Å²) in [6, 6.07) is 5.69. The first-order chi connectivity index (χ1) is 11.5. The highest BCUT2D eigenvalue weighted by molar-refractivity contribution is 7.10. The number of hydrogen-bond acceptors (Lipinski definition) is 5. The highest BCUT2D eigenvalue weighted by Crippen LogP contribution is 2.38. The predicted octanol–water partition coefficient (Wildman–Crippen LogP) is 3.28. The molecule has 5 nitrogen and oxygen atoms in total. The Hall–Kier alpha value is -2.21. The lowest BCUT2D eigenvalue weighted by Gasteiger charge is -2.18. The number of aryl methyl sites for hydroxylation is 1. The largest absolute Gasteiger partial charge is 0.493 e. The summed E-state index contributed by atoms with van der Waals surface area (Å²) in [7, 11) is 6.50. The Balaban J connectivity index is 2.14. The van der Waals surface area contributed by atoms with Gasteiger partial charge < -0.3 is 19.1 Å². The summed E-state index contributed by atoms with van der Waals surface area (Å²) in [5.41, 5.74) is 2.04. The third-order valence-electron chi connectivity index (χ3n) is 3.85. The van der Waals surface area contributed by atoms with Crippen LogP contribution in [0.2, 0.25) is 0 Å². The van der Waals surface area contributed by atoms with Crippen molar-refractivity contribution in [2.24, 2.45) is 0 Å². The van der Waals surface area contributed by atoms with Gasteiger partial charge in [-0.15, -0.1) is 11.3 Å². The summed E-state index contributed by atoms with van der Waals surface area (Å²) in [6.07, 6.45) is 0.275. The van der Waals surface area contributed by atoms with E-state index in [9.17, 15) is 4.79 Å². The first-order valence-electron chi connectivity index (χ1n) is 7.56. The molecule has 0 N–H and O–H groups in total. The van der Waals surface area contributed by atoms with Gasteiger partial charge in [-0.25, -0.2) is 0 Å². The van der Waals surface area contributed by atoms with E-state index in [0.29, 0.717) is 23.8 Å². The molecule has 0 unspecified atom stereocenters. The van der Waals surface area contributed by atoms with Crippen LogP contribution in [0, 0.1) is 6.92 Å². The fourth-order valence-electron chi connectivity index (χ4n) is 2.42. The third kappa shape index (κ3) is 4.00. The molecule has 1 heterocycles. The number of carbonyl (C=O) groups excluding carboxylic acids is 1. The van der Waals surface area contributed by atoms with Crippen LogP contribution in [-0.2, 0) is 17.8 Å². The number of nitrogens with zero attached hydrogens (tertiary/aromatic N) is 1. The van der Waals surface area contributed by atoms with Gasteiger partial charge in [-0.05, 0) is 41.6 Å². The third-order valence-corrected chi connectivity index (χ3v) is 4.86. The van der Waals surface area contributed by atoms with E-state index in [1.165, 1.54) is 10.4 Å². The normalized spacial score (nSPS) is 10.4. The molecule has 130 valence electrons. The highest BCUT2D eigenvalue weighted by Gasteiger charge is 2.17. The van der Waals surface area contributed by atoms with E-state index >= 15 is 0 Å². The standard InChI is InChI=1S/C18H23NO4S/c1-12-6-7-24-16(12)11-19(2)17(20)10-13-8-14(21-3)18(23-5)15(9-13)22-4/h6-9H,10-11H2,1-5H3. The molecule has 0 radical (unpaired) electrons. The maximum atomic E-state index is 12.5. The monoisotopic (exact) mass is 349 g/mol. The zero-order chi connectivity index (χ0) is 17.7. The van der Waals surface area contributed by atoms with Crippen LogP contribution in [0.4, 0.5) is 0 Å². The molecule has 2 aromatic rings. The van der Waals surface area contributed by atoms with E-state index in [1.54, 1.807) is 37.6 Å². The van der Waals surface area contributed by atoms with Gasteiger partial charge >= 0.3 is 0 Å². The summed E-state index contributed by atoms with van der Waals surface area (Å²) in [4.78, 5) is 15.5. The Morgan fingerprint density at radius 3 is 2.21 bits per heavy atom. The number of likely N-dealkylation sites (N-methyl/N-ethyl adjacent to an activating group) is 1. The van der Waals surface area contributed by atoms with Crippen LogP contribution in [-0.4, -0.2) is 39.2 Å². The van der Waals surface area contributed by atoms with Crippen molar-refractivity contribution >= 4 is 17.2 Å². The molecule has 0 saturated heterocycles. The Bertz CT molecular complexity index is 686. The van der Waals surface area contributed by atoms with Gasteiger partial charge in [-0.3, -0.25) is 4.79 Å². The molecule has 0 saturated carbocycles. The van der Waals surface area contributed by atoms with Crippen LogP contribution < -0.4 is 14.2 Å². The summed E-state index contributed by atoms with van der Waals surface area (Å²) < 4.78 is 16.0. The van der Waals surface area contributed by atoms with Crippen LogP contribution in [0.3, 0.4) is 0 Å². The second-order valence-electron chi connectivity index (χ2n) is 5.49. The number of rotatable bonds is 7. The molecule has 24 heavy (non-hydrogen) atoms. The van der Waals surface area contributed by atoms with E-state index in [4.69, 9.17) is 14.2 Å². The van der Waals surface area contributed by atoms with Gasteiger partial charge in [0, 0.05) is 11.9 Å². The lowest BCUT2D eigenvalue weighted by atomic mass is 10.1. The number of ether oxygens (including phenoxy) is 3. The predicted molar refractivity (Wildman–Crippen MR) is 95.3 cm³/mol. The Kier molecular flexibility index (Phi) is 6.09. The zero-order valence-electron chi connectivity index (χ0n) is 14.7. The molecule has 1 amide bonds. The van der Waals surface area contributed by atoms with Crippen molar-refractivity contribution in [3.05, 3.63) is 39.6 Å². The molecule has 6 heteroatoms. The SMILES string of the molecule is COc1cc(CC(=O)N(C)Cc2sccc2C)cc(OC)c1OC. The highest BCUT2D eigenvalue weighted by atomic mass is 32.1. The van der Waals surface area contributed by atoms with Crippen molar-refractivity contribution in [2.75, 3.05) is 28.4 Å². The quantitative estimate of drug-likeness (QED) is 0.770. The van der Waals surface area contributed by atoms with Gasteiger partial charge in [0.05, 0.1) is 34.3 Å². The average Bonchev–Trinajstić information content (AvgIpc) is 2.98. The zero-order valence-corrected chi connectivity index (χ0v) is 15.5. The van der Waals surface area contributed by atoms with Gasteiger partial charge in [0.2, 0.25) is 11.7 Å². The molecule has 0 bridgehead atoms. The summed E-state index contributed by atoms with van der Waals surface area (Å²) in [5, 5.41) is 2.04. The van der Waals surface area contributed by atoms with Gasteiger partial charge in [0.1, 0.15) is 0 Å². The fraction of sp³-hybridized carbons (Fsp3) is 0.389. The van der Waals surface area contributed by atoms with E-state index in [2.05, 4.69) is 13.0 Å². The van der Waals surface area contributed by atoms with Crippen LogP contribution in [0.25, 0.3) is 0 Å². The molecule has 2 rings (SSSR count). The first kappa shape index (κ1) is 18.1. The number of hydrogen-bond donors (Lipinski definition) is 0. The lowest BCUT2D eigenvalue weighted by Crippen LogP contribution is -2.27. The molecule has 0 spiro atoms. The second kappa shape index (κ2) is 8.06. The Labute approximate surface area is 146 Å². The maximum absolute atomic E-state index is 12.5. The molecule has 0 fully saturated rings. The Morgan fingerprint density at radius 1 is 1.12 bits per heavy atom. The van der Waals surface area contributed by atoms with Crippen molar-refractivity contribution in [1.82, 2.24) is 4.90 Å². The maximum Gasteiger partial charge on any atom is 0.227 e. The molecule has 0 aliphatic carbocycles. The molecular formula is C18H23NO4S. The number of thiophene rings is 1. The summed E-state index contributed by atoms with van der Waals surface area (Å²) in [6.45, 7) is 2.68. The Morgan fingerprint density at radius 2 is 1.75 bits per heavy atom. The van der Waals surface area contributed by atoms with E-state index in [-0.39, 0.29) is 12.3 Å². The van der Waals surface area contributed by atoms with Crippen molar-refractivity contribution in [3.8, 4) is 17.2 Å². The van der Waals surface area contributed by atoms with Crippen LogP contribution in [0.5, 0.6) is 17.2 Å². The minimum Gasteiger partial charge on any atom is -0.493 e. The van der Waals surface area contributed by atoms with Crippen molar-refractivity contribution in [1.29, 1.82) is 0 Å². The topological polar surface area (TPSA) is 48.0 Å². The second-order valence-corrected chi connectivity index (χ2v) is 6.49. The van der Waals surface area contributed by atoms with Crippen molar-refractivity contribution < 1.29 is 19.0 Å². The van der Waals surface area contributed by atoms with E-state index in [1.807, 2.05) is 24.6 Å². The van der Waals surface area contributed by atoms with Crippen molar-refractivity contribution in [3.63, 3.8) is 0 Å². The minimum absolute atomic E-state index is 0.0390. The molecule has 1 aromatic heterocycles. The van der Waals surface area contributed by atoms with E-state index in [0.717, 1.165) is 5.56 Å². The van der Waals surface area contributed by atoms with Gasteiger partial charge in [0.15, 0.2) is 11.5 Å². The lowest BCUT2D eigenvalue weighted by molar-refractivity contribution is -0.129. The van der Waals surface area contributed by atoms with Crippen LogP contribution in [0.1, 0.15) is 16.0 Å². The summed E-state index contributed by atoms with van der Waals surface area (Å²) in [5.74, 6) is 1.67. The average molecular weight is 349 g/mol. The van der Waals surface area contributed by atoms with Crippen molar-refractivity contribution in [2.45, 2.75) is 19.9 Å². The number of benzene rings is 1. The van der Waals surface area contributed by atoms with Gasteiger partial charge in [-0.2, -0.15) is 0 Å². The van der Waals surface area contributed by atoms with Gasteiger partial charge in [-0.1, -0.05) is 0 Å².